The average molecular weight is 341 g/mol. The molecule has 3 rings (SSSR count). The van der Waals surface area contributed by atoms with Crippen LogP contribution in [0.1, 0.15) is 28.8 Å². The molecule has 0 bridgehead atoms. The van der Waals surface area contributed by atoms with Crippen molar-refractivity contribution in [3.8, 4) is 0 Å². The van der Waals surface area contributed by atoms with Crippen LogP contribution < -0.4 is 16.4 Å². The van der Waals surface area contributed by atoms with E-state index in [1.807, 2.05) is 12.1 Å². The Morgan fingerprint density at radius 1 is 1.40 bits per heavy atom. The molecule has 2 unspecified atom stereocenters. The van der Waals surface area contributed by atoms with E-state index in [0.717, 1.165) is 31.4 Å². The van der Waals surface area contributed by atoms with Gasteiger partial charge in [-0.25, -0.2) is 4.99 Å². The second-order valence-corrected chi connectivity index (χ2v) is 6.30. The van der Waals surface area contributed by atoms with Crippen molar-refractivity contribution >= 4 is 17.8 Å². The van der Waals surface area contributed by atoms with Gasteiger partial charge in [-0.3, -0.25) is 20.2 Å². The van der Waals surface area contributed by atoms with Crippen LogP contribution in [-0.4, -0.2) is 30.5 Å². The zero-order valence-corrected chi connectivity index (χ0v) is 13.6. The molecular formula is C16H19N7O2. The lowest BCUT2D eigenvalue weighted by Gasteiger charge is -2.36. The average Bonchev–Trinajstić information content (AvgIpc) is 2.61. The van der Waals surface area contributed by atoms with Gasteiger partial charge in [-0.2, -0.15) is 0 Å². The smallest absolute Gasteiger partial charge is 0.249 e. The summed E-state index contributed by atoms with van der Waals surface area (Å²) in [5, 5.41) is 8.94. The van der Waals surface area contributed by atoms with Crippen molar-refractivity contribution in [1.82, 2.24) is 10.6 Å². The van der Waals surface area contributed by atoms with Crippen molar-refractivity contribution in [2.24, 2.45) is 27.7 Å². The van der Waals surface area contributed by atoms with Crippen LogP contribution in [0.15, 0.2) is 34.4 Å². The number of nitrogens with one attached hydrogen (secondary N) is 2. The fourth-order valence-corrected chi connectivity index (χ4v) is 3.29. The number of aryl methyl sites for hydroxylation is 1. The van der Waals surface area contributed by atoms with Gasteiger partial charge in [-0.15, -0.1) is 0 Å². The molecule has 9 nitrogen and oxygen atoms in total. The van der Waals surface area contributed by atoms with Gasteiger partial charge in [0.15, 0.2) is 5.96 Å². The van der Waals surface area contributed by atoms with Crippen LogP contribution in [0.25, 0.3) is 10.4 Å². The van der Waals surface area contributed by atoms with E-state index >= 15 is 0 Å². The predicted octanol–water partition coefficient (Wildman–Crippen LogP) is 1.07. The number of aliphatic imine (C=N–C) groups is 1. The quantitative estimate of drug-likeness (QED) is 0.427. The number of nitrogens with zero attached hydrogens (tertiary/aromatic N) is 4. The molecule has 3 atom stereocenters. The Kier molecular flexibility index (Phi) is 4.97. The summed E-state index contributed by atoms with van der Waals surface area (Å²) in [4.78, 5) is 30.2. The highest BCUT2D eigenvalue weighted by Crippen LogP contribution is 2.27. The van der Waals surface area contributed by atoms with Crippen molar-refractivity contribution in [2.45, 2.75) is 25.4 Å². The van der Waals surface area contributed by atoms with Crippen LogP contribution >= 0.6 is 0 Å². The molecule has 0 saturated carbocycles. The largest absolute Gasteiger partial charge is 0.370 e. The van der Waals surface area contributed by atoms with E-state index < -0.39 is 5.91 Å². The van der Waals surface area contributed by atoms with E-state index in [0.29, 0.717) is 11.5 Å². The third-order valence-electron chi connectivity index (χ3n) is 4.63. The first-order valence-corrected chi connectivity index (χ1v) is 8.12. The summed E-state index contributed by atoms with van der Waals surface area (Å²) in [6.07, 6.45) is 2.31. The van der Waals surface area contributed by atoms with Crippen molar-refractivity contribution in [3.63, 3.8) is 0 Å². The van der Waals surface area contributed by atoms with Crippen molar-refractivity contribution < 1.29 is 9.59 Å². The summed E-state index contributed by atoms with van der Waals surface area (Å²) in [5.74, 6) is -0.302. The van der Waals surface area contributed by atoms with E-state index in [-0.39, 0.29) is 24.0 Å². The number of azide groups is 1. The number of rotatable bonds is 4. The number of hydrogen-bond acceptors (Lipinski definition) is 5. The summed E-state index contributed by atoms with van der Waals surface area (Å²) in [5.41, 5.74) is 15.3. The molecule has 0 spiro atoms. The Balaban J connectivity index is 1.55. The van der Waals surface area contributed by atoms with Gasteiger partial charge in [0, 0.05) is 10.5 Å². The van der Waals surface area contributed by atoms with Crippen LogP contribution in [0.5, 0.6) is 0 Å². The van der Waals surface area contributed by atoms with E-state index in [9.17, 15) is 9.59 Å². The lowest BCUT2D eigenvalue weighted by molar-refractivity contribution is -0.126. The molecule has 0 radical (unpaired) electrons. The molecule has 1 saturated heterocycles. The van der Waals surface area contributed by atoms with Gasteiger partial charge in [0.1, 0.15) is 6.17 Å². The summed E-state index contributed by atoms with van der Waals surface area (Å²) in [6.45, 7) is 0.790. The maximum atomic E-state index is 12.0. The molecule has 1 aromatic rings. The Morgan fingerprint density at radius 3 is 2.88 bits per heavy atom. The monoisotopic (exact) mass is 341 g/mol. The van der Waals surface area contributed by atoms with Crippen LogP contribution in [0.3, 0.4) is 0 Å². The molecule has 1 fully saturated rings. The van der Waals surface area contributed by atoms with E-state index in [1.165, 1.54) is 0 Å². The second-order valence-electron chi connectivity index (χ2n) is 6.30. The molecular weight excluding hydrogens is 322 g/mol. The molecule has 2 aliphatic heterocycles. The van der Waals surface area contributed by atoms with Crippen LogP contribution in [0, 0.1) is 11.8 Å². The van der Waals surface area contributed by atoms with Crippen molar-refractivity contribution in [2.75, 3.05) is 6.54 Å². The summed E-state index contributed by atoms with van der Waals surface area (Å²) in [7, 11) is 0. The van der Waals surface area contributed by atoms with E-state index in [1.54, 1.807) is 12.1 Å². The minimum Gasteiger partial charge on any atom is -0.370 e. The lowest BCUT2D eigenvalue weighted by atomic mass is 9.83. The van der Waals surface area contributed by atoms with E-state index in [4.69, 9.17) is 11.3 Å². The zero-order valence-electron chi connectivity index (χ0n) is 13.6. The van der Waals surface area contributed by atoms with Gasteiger partial charge in [0.25, 0.3) is 0 Å². The Labute approximate surface area is 144 Å². The number of guanidine groups is 1. The number of carbonyl (C=O) groups excluding carboxylic acids is 2. The molecule has 130 valence electrons. The zero-order chi connectivity index (χ0) is 17.8. The van der Waals surface area contributed by atoms with E-state index in [2.05, 4.69) is 25.7 Å². The molecule has 2 heterocycles. The summed E-state index contributed by atoms with van der Waals surface area (Å²) in [6, 6.07) is 7.04. The lowest BCUT2D eigenvalue weighted by Crippen LogP contribution is -2.57. The highest BCUT2D eigenvalue weighted by molar-refractivity contribution is 5.99. The third kappa shape index (κ3) is 3.96. The molecule has 2 amide bonds. The maximum Gasteiger partial charge on any atom is 0.249 e. The fourth-order valence-electron chi connectivity index (χ4n) is 3.29. The molecule has 25 heavy (non-hydrogen) atoms. The van der Waals surface area contributed by atoms with Gasteiger partial charge < -0.3 is 5.73 Å². The Bertz CT molecular complexity index is 752. The summed E-state index contributed by atoms with van der Waals surface area (Å²) >= 11 is 0. The van der Waals surface area contributed by atoms with Gasteiger partial charge in [-0.1, -0.05) is 24.3 Å². The molecule has 2 aliphatic rings. The normalized spacial score (nSPS) is 25.2. The maximum absolute atomic E-state index is 12.0. The van der Waals surface area contributed by atoms with Gasteiger partial charge in [0.05, 0.1) is 5.92 Å². The Hall–Kier alpha value is -2.90. The highest BCUT2D eigenvalue weighted by Gasteiger charge is 2.37. The topological polar surface area (TPSA) is 145 Å². The van der Waals surface area contributed by atoms with Crippen molar-refractivity contribution in [1.29, 1.82) is 0 Å². The first-order valence-electron chi connectivity index (χ1n) is 8.12. The molecule has 9 heteroatoms. The van der Waals surface area contributed by atoms with Gasteiger partial charge in [-0.05, 0) is 47.9 Å². The molecule has 4 N–H and O–H groups in total. The number of amides is 2. The number of nitrogens with two attached hydrogens (primary N) is 1. The van der Waals surface area contributed by atoms with Gasteiger partial charge >= 0.3 is 0 Å². The molecule has 0 aliphatic carbocycles. The third-order valence-corrected chi connectivity index (χ3v) is 4.63. The van der Waals surface area contributed by atoms with Crippen molar-refractivity contribution in [3.05, 3.63) is 45.8 Å². The molecule has 0 aromatic heterocycles. The number of hydrogen-bond donors (Lipinski definition) is 3. The minimum atomic E-state index is -0.584. The fraction of sp³-hybridized carbons (Fsp3) is 0.438. The number of fused-ring (bicyclic) bond motifs is 1. The van der Waals surface area contributed by atoms with Gasteiger partial charge in [0.2, 0.25) is 11.8 Å². The van der Waals surface area contributed by atoms with Crippen LogP contribution in [-0.2, 0) is 11.2 Å². The van der Waals surface area contributed by atoms with Crippen LogP contribution in [0.4, 0.5) is 0 Å². The number of piperidine rings is 1. The Morgan fingerprint density at radius 2 is 2.16 bits per heavy atom. The summed E-state index contributed by atoms with van der Waals surface area (Å²) < 4.78 is 0. The molecule has 1 aromatic carbocycles. The second kappa shape index (κ2) is 7.33. The SMILES string of the molecule is [N-]=[N+]=NC(=O)c1ccc(CC[C@H]2CNC3N=C(N)NC(=O)C3C2)cc1. The predicted molar refractivity (Wildman–Crippen MR) is 91.4 cm³/mol. The minimum absolute atomic E-state index is 0.0735. The van der Waals surface area contributed by atoms with Crippen LogP contribution in [0.2, 0.25) is 0 Å². The first-order chi connectivity index (χ1) is 12.1. The standard InChI is InChI=1S/C16H19N7O2/c17-16-20-13-12(15(25)21-16)7-10(8-19-13)2-1-9-3-5-11(6-4-9)14(24)22-23-18/h3-6,10,12-13,19H,1-2,7-8H2,(H3,17,20,21,25)/t10-,12?,13?/m1/s1. The number of carbonyl (C=O) groups is 2. The number of benzene rings is 1. The first kappa shape index (κ1) is 16.9. The highest BCUT2D eigenvalue weighted by atomic mass is 16.2.